The summed E-state index contributed by atoms with van der Waals surface area (Å²) >= 11 is 0. The molecule has 0 saturated carbocycles. The molecule has 0 atom stereocenters. The number of anilines is 1. The number of nitrogens with one attached hydrogen (secondary N) is 2. The number of hydrogen-bond donors (Lipinski definition) is 2. The van der Waals surface area contributed by atoms with Crippen LogP contribution in [0.1, 0.15) is 30.0 Å². The van der Waals surface area contributed by atoms with Crippen molar-refractivity contribution < 1.29 is 9.53 Å². The molecule has 1 aromatic carbocycles. The molecule has 0 fully saturated rings. The van der Waals surface area contributed by atoms with Crippen molar-refractivity contribution in [1.82, 2.24) is 19.7 Å². The first-order valence-electron chi connectivity index (χ1n) is 8.37. The number of H-pyrrole nitrogens is 1. The van der Waals surface area contributed by atoms with Crippen molar-refractivity contribution in [3.63, 3.8) is 0 Å². The lowest BCUT2D eigenvalue weighted by molar-refractivity contribution is 0.102. The molecular weight excluding hydrogens is 318 g/mol. The molecule has 1 amide bonds. The molecule has 7 nitrogen and oxygen atoms in total. The molecule has 2 aromatic heterocycles. The predicted octanol–water partition coefficient (Wildman–Crippen LogP) is 2.86. The average molecular weight is 341 g/mol. The van der Waals surface area contributed by atoms with Crippen LogP contribution in [0.2, 0.25) is 0 Å². The van der Waals surface area contributed by atoms with E-state index in [9.17, 15) is 4.79 Å². The van der Waals surface area contributed by atoms with E-state index in [-0.39, 0.29) is 5.91 Å². The minimum absolute atomic E-state index is 0.221. The van der Waals surface area contributed by atoms with Crippen LogP contribution in [0.25, 0.3) is 10.9 Å². The minimum atomic E-state index is -0.221. The molecule has 25 heavy (non-hydrogen) atoms. The monoisotopic (exact) mass is 341 g/mol. The first-order chi connectivity index (χ1) is 12.1. The topological polar surface area (TPSA) is 84.8 Å². The lowest BCUT2D eigenvalue weighted by Gasteiger charge is -2.05. The first kappa shape index (κ1) is 17.2. The maximum absolute atomic E-state index is 12.4. The zero-order chi connectivity index (χ0) is 17.8. The van der Waals surface area contributed by atoms with Gasteiger partial charge in [-0.05, 0) is 30.2 Å². The van der Waals surface area contributed by atoms with Gasteiger partial charge in [-0.2, -0.15) is 4.98 Å². The SMILES string of the molecule is COCCn1ccc2cc(C(=O)Nc3n[nH]c(CC(C)C)n3)ccc21. The standard InChI is InChI=1S/C18H23N5O2/c1-12(2)10-16-19-18(22-21-16)20-17(24)14-4-5-15-13(11-14)6-7-23(15)8-9-25-3/h4-7,11-12H,8-10H2,1-3H3,(H2,19,20,21,22,24). The molecule has 132 valence electrons. The highest BCUT2D eigenvalue weighted by molar-refractivity contribution is 6.05. The fourth-order valence-electron chi connectivity index (χ4n) is 2.73. The smallest absolute Gasteiger partial charge is 0.258 e. The van der Waals surface area contributed by atoms with Gasteiger partial charge in [0, 0.05) is 42.7 Å². The molecule has 0 spiro atoms. The summed E-state index contributed by atoms with van der Waals surface area (Å²) in [5, 5.41) is 10.7. The Hall–Kier alpha value is -2.67. The number of amides is 1. The van der Waals surface area contributed by atoms with Gasteiger partial charge < -0.3 is 9.30 Å². The highest BCUT2D eigenvalue weighted by Gasteiger charge is 2.12. The van der Waals surface area contributed by atoms with Gasteiger partial charge in [0.15, 0.2) is 0 Å². The maximum Gasteiger partial charge on any atom is 0.258 e. The number of hydrogen-bond acceptors (Lipinski definition) is 4. The van der Waals surface area contributed by atoms with Gasteiger partial charge in [-0.1, -0.05) is 13.8 Å². The van der Waals surface area contributed by atoms with Crippen LogP contribution in [-0.2, 0) is 17.7 Å². The number of rotatable bonds is 7. The minimum Gasteiger partial charge on any atom is -0.383 e. The second-order valence-corrected chi connectivity index (χ2v) is 6.43. The van der Waals surface area contributed by atoms with Crippen LogP contribution in [0, 0.1) is 5.92 Å². The summed E-state index contributed by atoms with van der Waals surface area (Å²) in [5.41, 5.74) is 1.65. The third-order valence-corrected chi connectivity index (χ3v) is 3.93. The molecule has 0 bridgehead atoms. The van der Waals surface area contributed by atoms with E-state index in [0.717, 1.165) is 29.7 Å². The van der Waals surface area contributed by atoms with Crippen molar-refractivity contribution in [2.24, 2.45) is 5.92 Å². The summed E-state index contributed by atoms with van der Waals surface area (Å²) in [7, 11) is 1.68. The third kappa shape index (κ3) is 4.06. The van der Waals surface area contributed by atoms with Gasteiger partial charge in [-0.25, -0.2) is 0 Å². The normalized spacial score (nSPS) is 11.4. The Morgan fingerprint density at radius 1 is 1.36 bits per heavy atom. The highest BCUT2D eigenvalue weighted by Crippen LogP contribution is 2.18. The molecule has 0 aliphatic heterocycles. The largest absolute Gasteiger partial charge is 0.383 e. The fraction of sp³-hybridized carbons (Fsp3) is 0.389. The molecule has 0 aliphatic rings. The first-order valence-corrected chi connectivity index (χ1v) is 8.37. The summed E-state index contributed by atoms with van der Waals surface area (Å²) in [4.78, 5) is 16.7. The van der Waals surface area contributed by atoms with E-state index in [1.165, 1.54) is 0 Å². The van der Waals surface area contributed by atoms with E-state index in [1.807, 2.05) is 30.5 Å². The number of ether oxygens (including phenoxy) is 1. The van der Waals surface area contributed by atoms with Gasteiger partial charge in [0.1, 0.15) is 5.82 Å². The average Bonchev–Trinajstić information content (AvgIpc) is 3.18. The van der Waals surface area contributed by atoms with Crippen molar-refractivity contribution in [2.45, 2.75) is 26.8 Å². The van der Waals surface area contributed by atoms with Crippen LogP contribution in [0.3, 0.4) is 0 Å². The van der Waals surface area contributed by atoms with Crippen molar-refractivity contribution >= 4 is 22.8 Å². The summed E-state index contributed by atoms with van der Waals surface area (Å²) in [6, 6.07) is 7.62. The quantitative estimate of drug-likeness (QED) is 0.692. The summed E-state index contributed by atoms with van der Waals surface area (Å²) in [6.45, 7) is 5.64. The molecule has 7 heteroatoms. The molecule has 0 saturated heterocycles. The number of nitrogens with zero attached hydrogens (tertiary/aromatic N) is 3. The molecule has 2 N–H and O–H groups in total. The molecule has 3 aromatic rings. The summed E-state index contributed by atoms with van der Waals surface area (Å²) in [6.07, 6.45) is 2.79. The Morgan fingerprint density at radius 2 is 2.20 bits per heavy atom. The fourth-order valence-corrected chi connectivity index (χ4v) is 2.73. The van der Waals surface area contributed by atoms with Gasteiger partial charge in [0.2, 0.25) is 5.95 Å². The van der Waals surface area contributed by atoms with Crippen molar-refractivity contribution in [2.75, 3.05) is 19.0 Å². The van der Waals surface area contributed by atoms with Crippen molar-refractivity contribution in [3.05, 3.63) is 41.9 Å². The van der Waals surface area contributed by atoms with Crippen LogP contribution in [0.4, 0.5) is 5.95 Å². The van der Waals surface area contributed by atoms with Crippen LogP contribution < -0.4 is 5.32 Å². The Balaban J connectivity index is 1.72. The van der Waals surface area contributed by atoms with Gasteiger partial charge in [0.25, 0.3) is 5.91 Å². The van der Waals surface area contributed by atoms with E-state index in [1.54, 1.807) is 7.11 Å². The molecule has 3 rings (SSSR count). The number of aromatic nitrogens is 4. The van der Waals surface area contributed by atoms with Crippen LogP contribution in [-0.4, -0.2) is 39.4 Å². The number of aromatic amines is 1. The number of carbonyl (C=O) groups excluding carboxylic acids is 1. The maximum atomic E-state index is 12.4. The van der Waals surface area contributed by atoms with E-state index < -0.39 is 0 Å². The van der Waals surface area contributed by atoms with Crippen molar-refractivity contribution in [3.8, 4) is 0 Å². The number of benzene rings is 1. The number of fused-ring (bicyclic) bond motifs is 1. The van der Waals surface area contributed by atoms with Gasteiger partial charge in [-0.3, -0.25) is 15.2 Å². The Kier molecular flexibility index (Phi) is 5.14. The molecular formula is C18H23N5O2. The second-order valence-electron chi connectivity index (χ2n) is 6.43. The lowest BCUT2D eigenvalue weighted by Crippen LogP contribution is -2.13. The van der Waals surface area contributed by atoms with Crippen molar-refractivity contribution in [1.29, 1.82) is 0 Å². The Labute approximate surface area is 146 Å². The van der Waals surface area contributed by atoms with Crippen LogP contribution in [0.5, 0.6) is 0 Å². The molecule has 0 aliphatic carbocycles. The van der Waals surface area contributed by atoms with E-state index in [4.69, 9.17) is 4.74 Å². The molecule has 2 heterocycles. The second kappa shape index (κ2) is 7.48. The number of methoxy groups -OCH3 is 1. The van der Waals surface area contributed by atoms with E-state index in [0.29, 0.717) is 24.0 Å². The van der Waals surface area contributed by atoms with Crippen LogP contribution >= 0.6 is 0 Å². The summed E-state index contributed by atoms with van der Waals surface area (Å²) in [5.74, 6) is 1.33. The van der Waals surface area contributed by atoms with E-state index >= 15 is 0 Å². The summed E-state index contributed by atoms with van der Waals surface area (Å²) < 4.78 is 7.22. The highest BCUT2D eigenvalue weighted by atomic mass is 16.5. The Morgan fingerprint density at radius 3 is 2.96 bits per heavy atom. The zero-order valence-electron chi connectivity index (χ0n) is 14.7. The predicted molar refractivity (Wildman–Crippen MR) is 96.7 cm³/mol. The number of carbonyl (C=O) groups is 1. The van der Waals surface area contributed by atoms with Gasteiger partial charge in [0.05, 0.1) is 6.61 Å². The van der Waals surface area contributed by atoms with Gasteiger partial charge in [-0.15, -0.1) is 5.10 Å². The molecule has 0 radical (unpaired) electrons. The molecule has 0 unspecified atom stereocenters. The lowest BCUT2D eigenvalue weighted by atomic mass is 10.1. The Bertz CT molecular complexity index is 865. The third-order valence-electron chi connectivity index (χ3n) is 3.93. The van der Waals surface area contributed by atoms with Gasteiger partial charge >= 0.3 is 0 Å². The van der Waals surface area contributed by atoms with E-state index in [2.05, 4.69) is 38.9 Å². The zero-order valence-corrected chi connectivity index (χ0v) is 14.7. The van der Waals surface area contributed by atoms with Crippen LogP contribution in [0.15, 0.2) is 30.5 Å².